The van der Waals surface area contributed by atoms with Gasteiger partial charge in [-0.15, -0.1) is 0 Å². The van der Waals surface area contributed by atoms with Crippen LogP contribution < -0.4 is 0 Å². The van der Waals surface area contributed by atoms with Crippen molar-refractivity contribution < 1.29 is 4.79 Å². The Morgan fingerprint density at radius 2 is 1.53 bits per heavy atom. The number of Topliss-reactive ketones (excluding diaryl/α,β-unsaturated/α-hetero) is 1. The number of rotatable bonds is 10. The number of ketones is 1. The molecule has 0 saturated carbocycles. The van der Waals surface area contributed by atoms with Crippen LogP contribution in [0.2, 0.25) is 0 Å². The molecule has 15 heavy (non-hydrogen) atoms. The van der Waals surface area contributed by atoms with Crippen LogP contribution in [0.25, 0.3) is 0 Å². The van der Waals surface area contributed by atoms with Gasteiger partial charge in [0, 0.05) is 6.42 Å². The molecule has 1 atom stereocenters. The van der Waals surface area contributed by atoms with E-state index < -0.39 is 0 Å². The van der Waals surface area contributed by atoms with Crippen LogP contribution in [0.4, 0.5) is 0 Å². The Morgan fingerprint density at radius 3 is 2.07 bits per heavy atom. The molecule has 0 saturated heterocycles. The zero-order valence-corrected chi connectivity index (χ0v) is 11.8. The summed E-state index contributed by atoms with van der Waals surface area (Å²) in [5.41, 5.74) is 0. The molecule has 1 nitrogen and oxygen atoms in total. The molecule has 0 spiro atoms. The molecule has 0 fully saturated rings. The molecule has 1 unspecified atom stereocenters. The fourth-order valence-electron chi connectivity index (χ4n) is 1.64. The Balaban J connectivity index is 3.20. The van der Waals surface area contributed by atoms with Gasteiger partial charge < -0.3 is 0 Å². The molecule has 0 aromatic rings. The molecule has 0 aromatic heterocycles. The van der Waals surface area contributed by atoms with E-state index in [1.54, 1.807) is 0 Å². The summed E-state index contributed by atoms with van der Waals surface area (Å²) in [6, 6.07) is 0. The predicted octanol–water partition coefficient (Wildman–Crippen LogP) is 4.87. The zero-order valence-electron chi connectivity index (χ0n) is 10.2. The van der Waals surface area contributed by atoms with Crippen LogP contribution in [0, 0.1) is 0 Å². The lowest BCUT2D eigenvalue weighted by Crippen LogP contribution is -2.11. The van der Waals surface area contributed by atoms with Gasteiger partial charge in [0.25, 0.3) is 0 Å². The van der Waals surface area contributed by atoms with E-state index in [4.69, 9.17) is 0 Å². The highest BCUT2D eigenvalue weighted by atomic mass is 79.9. The second kappa shape index (κ2) is 10.7. The number of hydrogen-bond acceptors (Lipinski definition) is 1. The maximum Gasteiger partial charge on any atom is 0.146 e. The summed E-state index contributed by atoms with van der Waals surface area (Å²) in [5, 5.41) is 0. The fraction of sp³-hybridized carbons (Fsp3) is 0.923. The van der Waals surface area contributed by atoms with Crippen molar-refractivity contribution in [1.29, 1.82) is 0 Å². The third kappa shape index (κ3) is 9.10. The van der Waals surface area contributed by atoms with Gasteiger partial charge in [0.15, 0.2) is 0 Å². The van der Waals surface area contributed by atoms with Crippen LogP contribution in [0.15, 0.2) is 0 Å². The third-order valence-corrected chi connectivity index (χ3v) is 3.89. The highest BCUT2D eigenvalue weighted by molar-refractivity contribution is 9.10. The summed E-state index contributed by atoms with van der Waals surface area (Å²) in [6.07, 6.45) is 10.6. The van der Waals surface area contributed by atoms with E-state index in [-0.39, 0.29) is 4.83 Å². The normalized spacial score (nSPS) is 12.7. The Hall–Kier alpha value is 0.150. The van der Waals surface area contributed by atoms with Gasteiger partial charge in [0.2, 0.25) is 0 Å². The van der Waals surface area contributed by atoms with Crippen LogP contribution in [-0.2, 0) is 4.79 Å². The summed E-state index contributed by atoms with van der Waals surface area (Å²) < 4.78 is 0. The van der Waals surface area contributed by atoms with Crippen LogP contribution in [0.5, 0.6) is 0 Å². The molecular formula is C13H25BrO. The molecule has 0 aliphatic rings. The molecular weight excluding hydrogens is 252 g/mol. The molecule has 0 heterocycles. The first-order valence-corrected chi connectivity index (χ1v) is 7.30. The number of hydrogen-bond donors (Lipinski definition) is 0. The SMILES string of the molecule is CCCCCCCCCC(=O)C(Br)CC. The molecule has 0 radical (unpaired) electrons. The molecule has 0 N–H and O–H groups in total. The quantitative estimate of drug-likeness (QED) is 0.411. The molecule has 0 aliphatic heterocycles. The van der Waals surface area contributed by atoms with Gasteiger partial charge in [-0.05, 0) is 12.8 Å². The summed E-state index contributed by atoms with van der Waals surface area (Å²) in [7, 11) is 0. The van der Waals surface area contributed by atoms with E-state index in [2.05, 4.69) is 22.9 Å². The Labute approximate surface area is 103 Å². The van der Waals surface area contributed by atoms with Crippen molar-refractivity contribution >= 4 is 21.7 Å². The van der Waals surface area contributed by atoms with E-state index in [1.165, 1.54) is 38.5 Å². The smallest absolute Gasteiger partial charge is 0.146 e. The summed E-state index contributed by atoms with van der Waals surface area (Å²) in [6.45, 7) is 4.28. The lowest BCUT2D eigenvalue weighted by molar-refractivity contribution is -0.118. The van der Waals surface area contributed by atoms with Crippen LogP contribution in [0.3, 0.4) is 0 Å². The van der Waals surface area contributed by atoms with Crippen molar-refractivity contribution in [2.45, 2.75) is 76.5 Å². The number of unbranched alkanes of at least 4 members (excludes halogenated alkanes) is 6. The van der Waals surface area contributed by atoms with Crippen molar-refractivity contribution in [1.82, 2.24) is 0 Å². The molecule has 0 bridgehead atoms. The highest BCUT2D eigenvalue weighted by Crippen LogP contribution is 2.13. The molecule has 0 aliphatic carbocycles. The predicted molar refractivity (Wildman–Crippen MR) is 70.6 cm³/mol. The largest absolute Gasteiger partial charge is 0.298 e. The van der Waals surface area contributed by atoms with E-state index in [0.717, 1.165) is 19.3 Å². The van der Waals surface area contributed by atoms with Gasteiger partial charge >= 0.3 is 0 Å². The van der Waals surface area contributed by atoms with Gasteiger partial charge in [0.1, 0.15) is 5.78 Å². The minimum Gasteiger partial charge on any atom is -0.298 e. The number of carbonyl (C=O) groups excluding carboxylic acids is 1. The lowest BCUT2D eigenvalue weighted by Gasteiger charge is -2.05. The average Bonchev–Trinajstić information content (AvgIpc) is 2.26. The summed E-state index contributed by atoms with van der Waals surface area (Å²) >= 11 is 3.40. The second-order valence-electron chi connectivity index (χ2n) is 4.21. The molecule has 90 valence electrons. The van der Waals surface area contributed by atoms with Gasteiger partial charge in [-0.25, -0.2) is 0 Å². The molecule has 2 heteroatoms. The Bertz CT molecular complexity index is 157. The maximum atomic E-state index is 11.5. The van der Waals surface area contributed by atoms with Crippen LogP contribution in [-0.4, -0.2) is 10.6 Å². The second-order valence-corrected chi connectivity index (χ2v) is 5.32. The fourth-order valence-corrected chi connectivity index (χ4v) is 1.87. The van der Waals surface area contributed by atoms with Crippen molar-refractivity contribution in [3.05, 3.63) is 0 Å². The van der Waals surface area contributed by atoms with E-state index in [9.17, 15) is 4.79 Å². The van der Waals surface area contributed by atoms with Crippen molar-refractivity contribution in [2.75, 3.05) is 0 Å². The van der Waals surface area contributed by atoms with Gasteiger partial charge in [-0.2, -0.15) is 0 Å². The van der Waals surface area contributed by atoms with Crippen LogP contribution >= 0.6 is 15.9 Å². The minimum atomic E-state index is 0.0950. The first kappa shape index (κ1) is 15.2. The number of alkyl halides is 1. The van der Waals surface area contributed by atoms with Crippen molar-refractivity contribution in [3.63, 3.8) is 0 Å². The number of carbonyl (C=O) groups is 1. The van der Waals surface area contributed by atoms with Crippen molar-refractivity contribution in [3.8, 4) is 0 Å². The monoisotopic (exact) mass is 276 g/mol. The standard InChI is InChI=1S/C13H25BrO/c1-3-5-6-7-8-9-10-11-13(15)12(14)4-2/h12H,3-11H2,1-2H3. The number of halogens is 1. The van der Waals surface area contributed by atoms with Gasteiger partial charge in [-0.3, -0.25) is 4.79 Å². The lowest BCUT2D eigenvalue weighted by atomic mass is 10.1. The molecule has 0 amide bonds. The van der Waals surface area contributed by atoms with Crippen molar-refractivity contribution in [2.24, 2.45) is 0 Å². The summed E-state index contributed by atoms with van der Waals surface area (Å²) in [4.78, 5) is 11.6. The average molecular weight is 277 g/mol. The third-order valence-electron chi connectivity index (χ3n) is 2.73. The van der Waals surface area contributed by atoms with Crippen LogP contribution in [0.1, 0.15) is 71.6 Å². The van der Waals surface area contributed by atoms with Gasteiger partial charge in [-0.1, -0.05) is 68.3 Å². The first-order valence-electron chi connectivity index (χ1n) is 6.39. The Morgan fingerprint density at radius 1 is 1.00 bits per heavy atom. The van der Waals surface area contributed by atoms with E-state index in [1.807, 2.05) is 6.92 Å². The highest BCUT2D eigenvalue weighted by Gasteiger charge is 2.10. The van der Waals surface area contributed by atoms with E-state index in [0.29, 0.717) is 5.78 Å². The Kier molecular flexibility index (Phi) is 10.8. The maximum absolute atomic E-state index is 11.5. The summed E-state index contributed by atoms with van der Waals surface area (Å²) in [5.74, 6) is 0.381. The van der Waals surface area contributed by atoms with Gasteiger partial charge in [0.05, 0.1) is 4.83 Å². The van der Waals surface area contributed by atoms with E-state index >= 15 is 0 Å². The molecule has 0 aromatic carbocycles. The zero-order chi connectivity index (χ0) is 11.5. The minimum absolute atomic E-state index is 0.0950. The first-order chi connectivity index (χ1) is 7.22. The topological polar surface area (TPSA) is 17.1 Å². The molecule has 0 rings (SSSR count).